The molecule has 8 heteroatoms. The third-order valence-electron chi connectivity index (χ3n) is 3.49. The molecule has 4 nitrogen and oxygen atoms in total. The highest BCUT2D eigenvalue weighted by molar-refractivity contribution is 6.55. The van der Waals surface area contributed by atoms with E-state index in [4.69, 9.17) is 60.6 Å². The fraction of sp³-hybridized carbons (Fsp3) is 0.250. The van der Waals surface area contributed by atoms with Crippen molar-refractivity contribution < 1.29 is 19.0 Å². The van der Waals surface area contributed by atoms with Crippen molar-refractivity contribution in [3.63, 3.8) is 0 Å². The van der Waals surface area contributed by atoms with Crippen molar-refractivity contribution in [2.24, 2.45) is 0 Å². The number of benzene rings is 2. The van der Waals surface area contributed by atoms with Gasteiger partial charge in [0.05, 0.1) is 28.8 Å². The van der Waals surface area contributed by atoms with E-state index in [9.17, 15) is 4.79 Å². The van der Waals surface area contributed by atoms with Crippen molar-refractivity contribution in [2.45, 2.75) is 12.8 Å². The highest BCUT2D eigenvalue weighted by Gasteiger charge is 2.11. The first-order valence-electron chi connectivity index (χ1n) is 8.45. The van der Waals surface area contributed by atoms with Gasteiger partial charge in [-0.2, -0.15) is 0 Å². The average molecular weight is 464 g/mol. The molecule has 0 radical (unpaired) electrons. The molecular weight excluding hydrogens is 446 g/mol. The number of unbranched alkanes of at least 4 members (excludes halogenated alkanes) is 1. The molecule has 0 bridgehead atoms. The summed E-state index contributed by atoms with van der Waals surface area (Å²) in [6, 6.07) is 12.0. The summed E-state index contributed by atoms with van der Waals surface area (Å²) in [5, 5.41) is 0.665. The molecule has 0 aliphatic heterocycles. The predicted octanol–water partition coefficient (Wildman–Crippen LogP) is 6.71. The second-order valence-corrected chi connectivity index (χ2v) is 7.40. The zero-order valence-corrected chi connectivity index (χ0v) is 17.8. The number of hydrogen-bond donors (Lipinski definition) is 0. The molecule has 2 rings (SSSR count). The van der Waals surface area contributed by atoms with Gasteiger partial charge < -0.3 is 14.2 Å². The topological polar surface area (TPSA) is 44.8 Å². The number of carbonyl (C=O) groups excluding carboxylic acids is 1. The fourth-order valence-corrected chi connectivity index (χ4v) is 2.86. The van der Waals surface area contributed by atoms with Gasteiger partial charge in [-0.1, -0.05) is 64.6 Å². The molecule has 0 heterocycles. The standard InChI is InChI=1S/C20H18Cl4O4/c21-16-12-15(26-11-8-18(23)24)13-17(22)19(16)27-9-4-5-10-28-20(25)14-6-2-1-3-7-14/h1-3,6-8,12-13H,4-5,9-11H2. The Hall–Kier alpha value is -1.59. The molecular formula is C20H18Cl4O4. The van der Waals surface area contributed by atoms with Gasteiger partial charge in [-0.15, -0.1) is 0 Å². The van der Waals surface area contributed by atoms with Crippen LogP contribution >= 0.6 is 46.4 Å². The van der Waals surface area contributed by atoms with Crippen molar-refractivity contribution in [1.29, 1.82) is 0 Å². The molecule has 0 saturated carbocycles. The van der Waals surface area contributed by atoms with Crippen molar-refractivity contribution in [3.8, 4) is 11.5 Å². The first-order chi connectivity index (χ1) is 13.5. The third kappa shape index (κ3) is 7.80. The molecule has 0 fully saturated rings. The Morgan fingerprint density at radius 2 is 1.57 bits per heavy atom. The summed E-state index contributed by atoms with van der Waals surface area (Å²) in [5.41, 5.74) is 0.531. The fourth-order valence-electron chi connectivity index (χ4n) is 2.16. The van der Waals surface area contributed by atoms with Gasteiger partial charge >= 0.3 is 5.97 Å². The van der Waals surface area contributed by atoms with E-state index in [1.807, 2.05) is 6.07 Å². The van der Waals surface area contributed by atoms with Gasteiger partial charge in [-0.25, -0.2) is 4.79 Å². The van der Waals surface area contributed by atoms with Crippen LogP contribution in [0.15, 0.2) is 53.0 Å². The van der Waals surface area contributed by atoms with E-state index in [0.29, 0.717) is 53.2 Å². The Labute approximate surface area is 183 Å². The lowest BCUT2D eigenvalue weighted by Crippen LogP contribution is -2.07. The Bertz CT molecular complexity index is 782. The van der Waals surface area contributed by atoms with Crippen LogP contribution in [0, 0.1) is 0 Å². The van der Waals surface area contributed by atoms with Crippen molar-refractivity contribution in [1.82, 2.24) is 0 Å². The maximum Gasteiger partial charge on any atom is 0.338 e. The molecule has 2 aromatic rings. The zero-order valence-electron chi connectivity index (χ0n) is 14.8. The predicted molar refractivity (Wildman–Crippen MR) is 113 cm³/mol. The molecule has 2 aromatic carbocycles. The van der Waals surface area contributed by atoms with E-state index in [2.05, 4.69) is 0 Å². The summed E-state index contributed by atoms with van der Waals surface area (Å²) in [6.07, 6.45) is 2.83. The highest BCUT2D eigenvalue weighted by atomic mass is 35.5. The molecule has 0 N–H and O–H groups in total. The molecule has 0 aliphatic rings. The minimum atomic E-state index is -0.339. The van der Waals surface area contributed by atoms with E-state index < -0.39 is 0 Å². The van der Waals surface area contributed by atoms with E-state index in [1.54, 1.807) is 36.4 Å². The Balaban J connectivity index is 1.72. The van der Waals surface area contributed by atoms with Gasteiger partial charge in [0.15, 0.2) is 5.75 Å². The molecule has 0 aromatic heterocycles. The minimum absolute atomic E-state index is 0.117. The van der Waals surface area contributed by atoms with E-state index in [0.717, 1.165) is 0 Å². The molecule has 0 atom stereocenters. The Morgan fingerprint density at radius 3 is 2.21 bits per heavy atom. The summed E-state index contributed by atoms with van der Waals surface area (Å²) < 4.78 is 16.4. The van der Waals surface area contributed by atoms with Crippen LogP contribution in [0.3, 0.4) is 0 Å². The van der Waals surface area contributed by atoms with Gasteiger partial charge in [0.25, 0.3) is 0 Å². The molecule has 0 amide bonds. The smallest absolute Gasteiger partial charge is 0.338 e. The summed E-state index contributed by atoms with van der Waals surface area (Å²) in [6.45, 7) is 0.881. The summed E-state index contributed by atoms with van der Waals surface area (Å²) in [5.74, 6) is 0.511. The average Bonchev–Trinajstić information content (AvgIpc) is 2.66. The van der Waals surface area contributed by atoms with Gasteiger partial charge in [-0.3, -0.25) is 0 Å². The summed E-state index contributed by atoms with van der Waals surface area (Å²) in [7, 11) is 0. The molecule has 150 valence electrons. The lowest BCUT2D eigenvalue weighted by Gasteiger charge is -2.12. The number of esters is 1. The lowest BCUT2D eigenvalue weighted by molar-refractivity contribution is 0.0494. The first-order valence-corrected chi connectivity index (χ1v) is 9.96. The number of ether oxygens (including phenoxy) is 3. The summed E-state index contributed by atoms with van der Waals surface area (Å²) in [4.78, 5) is 11.8. The van der Waals surface area contributed by atoms with Crippen molar-refractivity contribution >= 4 is 52.4 Å². The van der Waals surface area contributed by atoms with Crippen LogP contribution in [0.1, 0.15) is 23.2 Å². The highest BCUT2D eigenvalue weighted by Crippen LogP contribution is 2.37. The van der Waals surface area contributed by atoms with Crippen LogP contribution in [0.2, 0.25) is 10.0 Å². The van der Waals surface area contributed by atoms with Gasteiger partial charge in [0, 0.05) is 12.1 Å². The molecule has 0 aliphatic carbocycles. The maximum atomic E-state index is 11.8. The Morgan fingerprint density at radius 1 is 0.929 bits per heavy atom. The van der Waals surface area contributed by atoms with Gasteiger partial charge in [0.1, 0.15) is 16.8 Å². The van der Waals surface area contributed by atoms with Crippen molar-refractivity contribution in [2.75, 3.05) is 19.8 Å². The second kappa shape index (κ2) is 12.1. The zero-order chi connectivity index (χ0) is 20.4. The summed E-state index contributed by atoms with van der Waals surface area (Å²) >= 11 is 23.4. The van der Waals surface area contributed by atoms with Crippen molar-refractivity contribution in [3.05, 3.63) is 68.6 Å². The SMILES string of the molecule is O=C(OCCCCOc1c(Cl)cc(OCC=C(Cl)Cl)cc1Cl)c1ccccc1. The number of hydrogen-bond acceptors (Lipinski definition) is 4. The van der Waals surface area contributed by atoms with Crippen LogP contribution in [-0.2, 0) is 4.74 Å². The molecule has 0 unspecified atom stereocenters. The first kappa shape index (κ1) is 22.7. The third-order valence-corrected chi connectivity index (χ3v) is 4.36. The normalized spacial score (nSPS) is 10.3. The van der Waals surface area contributed by atoms with E-state index >= 15 is 0 Å². The van der Waals surface area contributed by atoms with Crippen LogP contribution < -0.4 is 9.47 Å². The molecule has 0 saturated heterocycles. The molecule has 28 heavy (non-hydrogen) atoms. The van der Waals surface area contributed by atoms with Gasteiger partial charge in [0.2, 0.25) is 0 Å². The lowest BCUT2D eigenvalue weighted by atomic mass is 10.2. The maximum absolute atomic E-state index is 11.8. The monoisotopic (exact) mass is 462 g/mol. The number of halogens is 4. The van der Waals surface area contributed by atoms with E-state index in [-0.39, 0.29) is 17.1 Å². The largest absolute Gasteiger partial charge is 0.490 e. The Kier molecular flexibility index (Phi) is 9.79. The van der Waals surface area contributed by atoms with Crippen LogP contribution in [-0.4, -0.2) is 25.8 Å². The number of rotatable bonds is 10. The minimum Gasteiger partial charge on any atom is -0.490 e. The molecule has 0 spiro atoms. The van der Waals surface area contributed by atoms with Crippen LogP contribution in [0.4, 0.5) is 0 Å². The number of carbonyl (C=O) groups is 1. The second-order valence-electron chi connectivity index (χ2n) is 5.58. The van der Waals surface area contributed by atoms with Crippen LogP contribution in [0.5, 0.6) is 11.5 Å². The van der Waals surface area contributed by atoms with Crippen LogP contribution in [0.25, 0.3) is 0 Å². The van der Waals surface area contributed by atoms with Gasteiger partial charge in [-0.05, 0) is 31.1 Å². The quantitative estimate of drug-likeness (QED) is 0.290. The van der Waals surface area contributed by atoms with E-state index in [1.165, 1.54) is 6.08 Å².